The number of nitrogens with zero attached hydrogens (tertiary/aromatic N) is 1. The summed E-state index contributed by atoms with van der Waals surface area (Å²) in [5.41, 5.74) is 3.84. The molecule has 28 heavy (non-hydrogen) atoms. The van der Waals surface area contributed by atoms with Crippen molar-refractivity contribution in [2.75, 3.05) is 11.3 Å². The van der Waals surface area contributed by atoms with Crippen LogP contribution in [0.4, 0.5) is 5.69 Å². The standard InChI is InChI=1S/C23H26N2O2S/c1-3-25(17-20-9-5-4-6-10-20)18-21-11-7-8-12-23(21)24-28(26,27)22-15-13-19(2)14-16-22/h4-16,24H,3,17-18H2,1-2H3. The number of para-hydroxylation sites is 1. The molecule has 0 fully saturated rings. The van der Waals surface area contributed by atoms with Crippen molar-refractivity contribution in [3.8, 4) is 0 Å². The Bertz CT molecular complexity index is 1000. The van der Waals surface area contributed by atoms with Crippen LogP contribution in [-0.4, -0.2) is 19.9 Å². The molecule has 146 valence electrons. The number of nitrogens with one attached hydrogen (secondary N) is 1. The second kappa shape index (κ2) is 9.04. The summed E-state index contributed by atoms with van der Waals surface area (Å²) in [6.07, 6.45) is 0. The van der Waals surface area contributed by atoms with E-state index in [4.69, 9.17) is 0 Å². The minimum absolute atomic E-state index is 0.268. The van der Waals surface area contributed by atoms with Crippen molar-refractivity contribution in [2.45, 2.75) is 31.8 Å². The molecule has 0 saturated carbocycles. The van der Waals surface area contributed by atoms with E-state index in [1.807, 2.05) is 49.4 Å². The largest absolute Gasteiger partial charge is 0.295 e. The third-order valence-electron chi connectivity index (χ3n) is 4.68. The third-order valence-corrected chi connectivity index (χ3v) is 6.06. The predicted octanol–water partition coefficient (Wildman–Crippen LogP) is 4.82. The Kier molecular flexibility index (Phi) is 6.49. The van der Waals surface area contributed by atoms with Crippen molar-refractivity contribution < 1.29 is 8.42 Å². The average Bonchev–Trinajstić information content (AvgIpc) is 2.70. The zero-order chi connectivity index (χ0) is 20.0. The minimum atomic E-state index is -3.62. The molecule has 0 atom stereocenters. The average molecular weight is 395 g/mol. The number of hydrogen-bond donors (Lipinski definition) is 1. The maximum atomic E-state index is 12.8. The SMILES string of the molecule is CCN(Cc1ccccc1)Cc1ccccc1NS(=O)(=O)c1ccc(C)cc1. The highest BCUT2D eigenvalue weighted by Gasteiger charge is 2.16. The van der Waals surface area contributed by atoms with E-state index < -0.39 is 10.0 Å². The van der Waals surface area contributed by atoms with E-state index >= 15 is 0 Å². The van der Waals surface area contributed by atoms with Gasteiger partial charge in [-0.05, 0) is 42.8 Å². The van der Waals surface area contributed by atoms with E-state index in [9.17, 15) is 8.42 Å². The minimum Gasteiger partial charge on any atom is -0.295 e. The molecule has 3 aromatic rings. The lowest BCUT2D eigenvalue weighted by atomic mass is 10.1. The van der Waals surface area contributed by atoms with E-state index in [1.165, 1.54) is 5.56 Å². The monoisotopic (exact) mass is 394 g/mol. The van der Waals surface area contributed by atoms with E-state index in [0.29, 0.717) is 12.2 Å². The first kappa shape index (κ1) is 20.1. The highest BCUT2D eigenvalue weighted by molar-refractivity contribution is 7.92. The topological polar surface area (TPSA) is 49.4 Å². The van der Waals surface area contributed by atoms with Gasteiger partial charge in [-0.3, -0.25) is 9.62 Å². The van der Waals surface area contributed by atoms with Gasteiger partial charge in [0.1, 0.15) is 0 Å². The number of benzene rings is 3. The number of sulfonamides is 1. The van der Waals surface area contributed by atoms with Gasteiger partial charge in [-0.25, -0.2) is 8.42 Å². The zero-order valence-corrected chi connectivity index (χ0v) is 17.1. The number of aryl methyl sites for hydroxylation is 1. The van der Waals surface area contributed by atoms with Gasteiger partial charge in [0.15, 0.2) is 0 Å². The molecule has 5 heteroatoms. The first-order valence-electron chi connectivity index (χ1n) is 9.41. The van der Waals surface area contributed by atoms with E-state index in [-0.39, 0.29) is 4.90 Å². The fourth-order valence-corrected chi connectivity index (χ4v) is 4.14. The first-order valence-corrected chi connectivity index (χ1v) is 10.9. The van der Waals surface area contributed by atoms with Crippen molar-refractivity contribution in [1.29, 1.82) is 0 Å². The van der Waals surface area contributed by atoms with E-state index in [2.05, 4.69) is 28.7 Å². The van der Waals surface area contributed by atoms with Gasteiger partial charge in [-0.1, -0.05) is 73.2 Å². The Morgan fingerprint density at radius 2 is 1.46 bits per heavy atom. The molecule has 0 heterocycles. The molecule has 0 saturated heterocycles. The second-order valence-electron chi connectivity index (χ2n) is 6.86. The molecule has 0 aliphatic rings. The van der Waals surface area contributed by atoms with Crippen LogP contribution >= 0.6 is 0 Å². The van der Waals surface area contributed by atoms with Gasteiger partial charge in [0, 0.05) is 13.1 Å². The Morgan fingerprint density at radius 3 is 2.14 bits per heavy atom. The van der Waals surface area contributed by atoms with Crippen LogP contribution in [0, 0.1) is 6.92 Å². The lowest BCUT2D eigenvalue weighted by Crippen LogP contribution is -2.23. The summed E-state index contributed by atoms with van der Waals surface area (Å²) in [5.74, 6) is 0. The molecule has 4 nitrogen and oxygen atoms in total. The predicted molar refractivity (Wildman–Crippen MR) is 115 cm³/mol. The molecule has 3 rings (SSSR count). The van der Waals surface area contributed by atoms with Gasteiger partial charge >= 0.3 is 0 Å². The lowest BCUT2D eigenvalue weighted by Gasteiger charge is -2.22. The molecule has 0 aliphatic heterocycles. The number of anilines is 1. The molecule has 0 unspecified atom stereocenters. The van der Waals surface area contributed by atoms with E-state index in [1.54, 1.807) is 24.3 Å². The van der Waals surface area contributed by atoms with Gasteiger partial charge in [0.25, 0.3) is 10.0 Å². The fourth-order valence-electron chi connectivity index (χ4n) is 3.04. The molecule has 0 bridgehead atoms. The molecule has 1 N–H and O–H groups in total. The molecule has 0 amide bonds. The number of hydrogen-bond acceptors (Lipinski definition) is 3. The quantitative estimate of drug-likeness (QED) is 0.596. The van der Waals surface area contributed by atoms with Crippen LogP contribution in [0.5, 0.6) is 0 Å². The summed E-state index contributed by atoms with van der Waals surface area (Å²) >= 11 is 0. The van der Waals surface area contributed by atoms with Gasteiger partial charge in [-0.2, -0.15) is 0 Å². The maximum Gasteiger partial charge on any atom is 0.261 e. The summed E-state index contributed by atoms with van der Waals surface area (Å²) < 4.78 is 28.3. The van der Waals surface area contributed by atoms with Crippen molar-refractivity contribution in [2.24, 2.45) is 0 Å². The summed E-state index contributed by atoms with van der Waals surface area (Å²) in [5, 5.41) is 0. The highest BCUT2D eigenvalue weighted by atomic mass is 32.2. The van der Waals surface area contributed by atoms with Gasteiger partial charge in [-0.15, -0.1) is 0 Å². The van der Waals surface area contributed by atoms with Crippen LogP contribution in [0.2, 0.25) is 0 Å². The summed E-state index contributed by atoms with van der Waals surface area (Å²) in [6, 6.07) is 24.7. The van der Waals surface area contributed by atoms with Crippen LogP contribution in [0.1, 0.15) is 23.6 Å². The van der Waals surface area contributed by atoms with Crippen molar-refractivity contribution >= 4 is 15.7 Å². The van der Waals surface area contributed by atoms with Crippen molar-refractivity contribution in [1.82, 2.24) is 4.90 Å². The van der Waals surface area contributed by atoms with Crippen LogP contribution < -0.4 is 4.72 Å². The Balaban J connectivity index is 1.79. The van der Waals surface area contributed by atoms with Gasteiger partial charge in [0.05, 0.1) is 10.6 Å². The second-order valence-corrected chi connectivity index (χ2v) is 8.55. The van der Waals surface area contributed by atoms with Crippen LogP contribution in [0.3, 0.4) is 0 Å². The van der Waals surface area contributed by atoms with Crippen LogP contribution in [-0.2, 0) is 23.1 Å². The smallest absolute Gasteiger partial charge is 0.261 e. The maximum absolute atomic E-state index is 12.8. The highest BCUT2D eigenvalue weighted by Crippen LogP contribution is 2.22. The Morgan fingerprint density at radius 1 is 0.821 bits per heavy atom. The van der Waals surface area contributed by atoms with E-state index in [0.717, 1.165) is 24.2 Å². The van der Waals surface area contributed by atoms with Crippen molar-refractivity contribution in [3.63, 3.8) is 0 Å². The summed E-state index contributed by atoms with van der Waals surface area (Å²) in [6.45, 7) is 6.40. The molecular formula is C23H26N2O2S. The first-order chi connectivity index (χ1) is 13.5. The summed E-state index contributed by atoms with van der Waals surface area (Å²) in [4.78, 5) is 2.55. The summed E-state index contributed by atoms with van der Waals surface area (Å²) in [7, 11) is -3.62. The van der Waals surface area contributed by atoms with Crippen LogP contribution in [0.25, 0.3) is 0 Å². The molecule has 0 aromatic heterocycles. The Hall–Kier alpha value is -2.63. The zero-order valence-electron chi connectivity index (χ0n) is 16.3. The van der Waals surface area contributed by atoms with Crippen LogP contribution in [0.15, 0.2) is 83.8 Å². The van der Waals surface area contributed by atoms with Gasteiger partial charge in [0.2, 0.25) is 0 Å². The molecule has 0 spiro atoms. The molecular weight excluding hydrogens is 368 g/mol. The fraction of sp³-hybridized carbons (Fsp3) is 0.217. The van der Waals surface area contributed by atoms with Gasteiger partial charge < -0.3 is 0 Å². The molecule has 0 radical (unpaired) electrons. The van der Waals surface area contributed by atoms with Crippen molar-refractivity contribution in [3.05, 3.63) is 95.6 Å². The molecule has 0 aliphatic carbocycles. The normalized spacial score (nSPS) is 11.5. The Labute approximate surface area is 167 Å². The number of rotatable bonds is 8. The third kappa shape index (κ3) is 5.21. The molecule has 3 aromatic carbocycles. The lowest BCUT2D eigenvalue weighted by molar-refractivity contribution is 0.272.